The number of ether oxygens (including phenoxy) is 1. The van der Waals surface area contributed by atoms with Gasteiger partial charge in [0, 0.05) is 21.6 Å². The van der Waals surface area contributed by atoms with Gasteiger partial charge in [-0.15, -0.1) is 0 Å². The topological polar surface area (TPSA) is 38.7 Å². The third-order valence-electron chi connectivity index (χ3n) is 2.26. The summed E-state index contributed by atoms with van der Waals surface area (Å²) in [6, 6.07) is 7.49. The number of rotatable bonds is 3. The van der Waals surface area contributed by atoms with E-state index in [0.29, 0.717) is 18.2 Å². The molecule has 1 aliphatic rings. The Hall–Kier alpha value is -1.26. The lowest BCUT2D eigenvalue weighted by Crippen LogP contribution is -2.00. The van der Waals surface area contributed by atoms with Gasteiger partial charge in [-0.05, 0) is 19.1 Å². The molecule has 0 unspecified atom stereocenters. The van der Waals surface area contributed by atoms with E-state index in [1.165, 1.54) is 17.8 Å². The van der Waals surface area contributed by atoms with Crippen LogP contribution in [0.5, 0.6) is 0 Å². The molecule has 5 heteroatoms. The SMILES string of the molecule is CCOC(=O)/C=C1\CN=C(c2ccc(Cl)cc2)S1. The van der Waals surface area contributed by atoms with E-state index in [9.17, 15) is 4.79 Å². The maximum absolute atomic E-state index is 11.3. The molecule has 0 N–H and O–H groups in total. The number of nitrogens with zero attached hydrogens (tertiary/aromatic N) is 1. The van der Waals surface area contributed by atoms with Gasteiger partial charge in [0.05, 0.1) is 13.2 Å². The van der Waals surface area contributed by atoms with Crippen molar-refractivity contribution in [3.05, 3.63) is 45.8 Å². The molecule has 0 radical (unpaired) electrons. The number of carbonyl (C=O) groups is 1. The maximum Gasteiger partial charge on any atom is 0.331 e. The lowest BCUT2D eigenvalue weighted by atomic mass is 10.2. The maximum atomic E-state index is 11.3. The van der Waals surface area contributed by atoms with Crippen LogP contribution >= 0.6 is 23.4 Å². The van der Waals surface area contributed by atoms with Crippen LogP contribution in [-0.4, -0.2) is 24.2 Å². The minimum Gasteiger partial charge on any atom is -0.463 e. The van der Waals surface area contributed by atoms with Crippen LogP contribution in [0, 0.1) is 0 Å². The summed E-state index contributed by atoms with van der Waals surface area (Å²) in [7, 11) is 0. The van der Waals surface area contributed by atoms with Crippen molar-refractivity contribution in [2.75, 3.05) is 13.2 Å². The Bertz CT molecular complexity index is 508. The minimum absolute atomic E-state index is 0.312. The van der Waals surface area contributed by atoms with Gasteiger partial charge in [0.2, 0.25) is 0 Å². The summed E-state index contributed by atoms with van der Waals surface area (Å²) in [6.45, 7) is 2.70. The van der Waals surface area contributed by atoms with E-state index in [-0.39, 0.29) is 5.97 Å². The first-order chi connectivity index (χ1) is 8.69. The second kappa shape index (κ2) is 6.07. The molecule has 1 aromatic carbocycles. The molecule has 0 amide bonds. The monoisotopic (exact) mass is 281 g/mol. The van der Waals surface area contributed by atoms with Crippen molar-refractivity contribution < 1.29 is 9.53 Å². The van der Waals surface area contributed by atoms with Crippen molar-refractivity contribution in [1.82, 2.24) is 0 Å². The number of carbonyl (C=O) groups excluding carboxylic acids is 1. The highest BCUT2D eigenvalue weighted by atomic mass is 35.5. The van der Waals surface area contributed by atoms with Crippen LogP contribution in [0.25, 0.3) is 0 Å². The highest BCUT2D eigenvalue weighted by Gasteiger charge is 2.15. The third-order valence-corrected chi connectivity index (χ3v) is 3.58. The average Bonchev–Trinajstić information content (AvgIpc) is 2.78. The van der Waals surface area contributed by atoms with Gasteiger partial charge in [-0.1, -0.05) is 35.5 Å². The lowest BCUT2D eigenvalue weighted by molar-refractivity contribution is -0.137. The first-order valence-corrected chi connectivity index (χ1v) is 6.74. The Morgan fingerprint density at radius 3 is 2.89 bits per heavy atom. The van der Waals surface area contributed by atoms with Gasteiger partial charge in [0.25, 0.3) is 0 Å². The van der Waals surface area contributed by atoms with E-state index in [1.807, 2.05) is 24.3 Å². The molecule has 94 valence electrons. The summed E-state index contributed by atoms with van der Waals surface area (Å²) in [6.07, 6.45) is 1.50. The predicted octanol–water partition coefficient (Wildman–Crippen LogP) is 3.28. The van der Waals surface area contributed by atoms with Crippen LogP contribution in [0.4, 0.5) is 0 Å². The number of hydrogen-bond donors (Lipinski definition) is 0. The Labute approximate surface area is 115 Å². The van der Waals surface area contributed by atoms with Crippen molar-refractivity contribution in [1.29, 1.82) is 0 Å². The molecule has 1 aromatic rings. The van der Waals surface area contributed by atoms with Gasteiger partial charge < -0.3 is 4.74 Å². The molecule has 2 rings (SSSR count). The number of benzene rings is 1. The smallest absolute Gasteiger partial charge is 0.331 e. The van der Waals surface area contributed by atoms with Crippen molar-refractivity contribution in [3.63, 3.8) is 0 Å². The van der Waals surface area contributed by atoms with E-state index in [1.54, 1.807) is 6.92 Å². The fraction of sp³-hybridized carbons (Fsp3) is 0.231. The first-order valence-electron chi connectivity index (χ1n) is 5.54. The number of thioether (sulfide) groups is 1. The largest absolute Gasteiger partial charge is 0.463 e. The molecule has 1 aliphatic heterocycles. The zero-order chi connectivity index (χ0) is 13.0. The van der Waals surface area contributed by atoms with Crippen molar-refractivity contribution >= 4 is 34.4 Å². The van der Waals surface area contributed by atoms with Gasteiger partial charge in [-0.3, -0.25) is 4.99 Å². The Balaban J connectivity index is 2.03. The molecular formula is C13H12ClNO2S. The molecule has 0 aliphatic carbocycles. The normalized spacial score (nSPS) is 16.8. The molecule has 1 heterocycles. The van der Waals surface area contributed by atoms with Crippen LogP contribution in [0.3, 0.4) is 0 Å². The second-order valence-electron chi connectivity index (χ2n) is 3.59. The molecule has 0 bridgehead atoms. The zero-order valence-electron chi connectivity index (χ0n) is 9.85. The standard InChI is InChI=1S/C13H12ClNO2S/c1-2-17-12(16)7-11-8-15-13(18-11)9-3-5-10(14)6-4-9/h3-7H,2,8H2,1H3/b11-7+. The van der Waals surface area contributed by atoms with Gasteiger partial charge in [-0.2, -0.15) is 0 Å². The van der Waals surface area contributed by atoms with Crippen molar-refractivity contribution in [2.45, 2.75) is 6.92 Å². The minimum atomic E-state index is -0.312. The van der Waals surface area contributed by atoms with Crippen LogP contribution in [0.2, 0.25) is 5.02 Å². The third kappa shape index (κ3) is 3.37. The highest BCUT2D eigenvalue weighted by Crippen LogP contribution is 2.29. The summed E-state index contributed by atoms with van der Waals surface area (Å²) < 4.78 is 4.86. The predicted molar refractivity (Wildman–Crippen MR) is 75.2 cm³/mol. The van der Waals surface area contributed by atoms with E-state index in [2.05, 4.69) is 4.99 Å². The quantitative estimate of drug-likeness (QED) is 0.630. The van der Waals surface area contributed by atoms with Crippen molar-refractivity contribution in [2.24, 2.45) is 4.99 Å². The fourth-order valence-electron chi connectivity index (χ4n) is 1.47. The summed E-state index contributed by atoms with van der Waals surface area (Å²) in [5, 5.41) is 1.60. The molecule has 0 aromatic heterocycles. The molecular weight excluding hydrogens is 270 g/mol. The second-order valence-corrected chi connectivity index (χ2v) is 5.14. The summed E-state index contributed by atoms with van der Waals surface area (Å²) in [4.78, 5) is 16.6. The van der Waals surface area contributed by atoms with Crippen LogP contribution in [-0.2, 0) is 9.53 Å². The Morgan fingerprint density at radius 2 is 2.22 bits per heavy atom. The van der Waals surface area contributed by atoms with Gasteiger partial charge in [-0.25, -0.2) is 4.79 Å². The molecule has 3 nitrogen and oxygen atoms in total. The number of aliphatic imine (C=N–C) groups is 1. The van der Waals surface area contributed by atoms with E-state index >= 15 is 0 Å². The Kier molecular flexibility index (Phi) is 4.44. The zero-order valence-corrected chi connectivity index (χ0v) is 11.4. The molecule has 0 atom stereocenters. The number of halogens is 1. The summed E-state index contributed by atoms with van der Waals surface area (Å²) >= 11 is 7.32. The van der Waals surface area contributed by atoms with Crippen LogP contribution in [0.15, 0.2) is 40.2 Å². The summed E-state index contributed by atoms with van der Waals surface area (Å²) in [5.41, 5.74) is 1.01. The molecule has 0 saturated heterocycles. The van der Waals surface area contributed by atoms with Crippen LogP contribution < -0.4 is 0 Å². The van der Waals surface area contributed by atoms with Gasteiger partial charge >= 0.3 is 5.97 Å². The van der Waals surface area contributed by atoms with Gasteiger partial charge in [0.15, 0.2) is 0 Å². The van der Waals surface area contributed by atoms with E-state index in [4.69, 9.17) is 16.3 Å². The molecule has 0 spiro atoms. The molecule has 0 saturated carbocycles. The molecule has 18 heavy (non-hydrogen) atoms. The fourth-order valence-corrected chi connectivity index (χ4v) is 2.51. The highest BCUT2D eigenvalue weighted by molar-refractivity contribution is 8.18. The van der Waals surface area contributed by atoms with Crippen LogP contribution in [0.1, 0.15) is 12.5 Å². The summed E-state index contributed by atoms with van der Waals surface area (Å²) in [5.74, 6) is -0.312. The Morgan fingerprint density at radius 1 is 1.50 bits per heavy atom. The van der Waals surface area contributed by atoms with Crippen molar-refractivity contribution in [3.8, 4) is 0 Å². The molecule has 0 fully saturated rings. The number of esters is 1. The first kappa shape index (κ1) is 13.2. The average molecular weight is 282 g/mol. The lowest BCUT2D eigenvalue weighted by Gasteiger charge is -2.00. The van der Waals surface area contributed by atoms with E-state index in [0.717, 1.165) is 15.5 Å². The van der Waals surface area contributed by atoms with E-state index < -0.39 is 0 Å². The van der Waals surface area contributed by atoms with Gasteiger partial charge in [0.1, 0.15) is 5.04 Å². The number of hydrogen-bond acceptors (Lipinski definition) is 4.